The molecule has 18 heavy (non-hydrogen) atoms. The van der Waals surface area contributed by atoms with Crippen molar-refractivity contribution in [3.63, 3.8) is 0 Å². The summed E-state index contributed by atoms with van der Waals surface area (Å²) in [6, 6.07) is 0. The van der Waals surface area contributed by atoms with Crippen LogP contribution >= 0.6 is 0 Å². The molecule has 100 valence electrons. The van der Waals surface area contributed by atoms with Crippen LogP contribution in [0.1, 0.15) is 42.5 Å². The lowest BCUT2D eigenvalue weighted by Gasteiger charge is -2.11. The van der Waals surface area contributed by atoms with Crippen molar-refractivity contribution in [1.29, 1.82) is 0 Å². The molecule has 0 spiro atoms. The second-order valence-electron chi connectivity index (χ2n) is 5.33. The average molecular weight is 266 g/mol. The minimum Gasteiger partial charge on any atom is -0.398 e. The zero-order chi connectivity index (χ0) is 13.1. The largest absolute Gasteiger partial charge is 0.398 e. The normalized spacial score (nSPS) is 18.1. The van der Waals surface area contributed by atoms with E-state index in [0.717, 1.165) is 28.3 Å². The van der Waals surface area contributed by atoms with Crippen LogP contribution in [0.25, 0.3) is 0 Å². The minimum atomic E-state index is -0.804. The van der Waals surface area contributed by atoms with Gasteiger partial charge in [0.25, 0.3) is 0 Å². The average Bonchev–Trinajstić information content (AvgIpc) is 2.83. The number of aromatic nitrogens is 1. The van der Waals surface area contributed by atoms with Crippen molar-refractivity contribution < 1.29 is 4.21 Å². The molecule has 0 saturated heterocycles. The molecule has 1 saturated carbocycles. The third kappa shape index (κ3) is 3.10. The maximum atomic E-state index is 12.1. The summed E-state index contributed by atoms with van der Waals surface area (Å²) >= 11 is 0. The first-order valence-corrected chi connectivity index (χ1v) is 8.12. The fourth-order valence-corrected chi connectivity index (χ4v) is 4.16. The van der Waals surface area contributed by atoms with Crippen LogP contribution in [0.2, 0.25) is 0 Å². The number of hydrogen-bond donors (Lipinski definition) is 1. The zero-order valence-corrected chi connectivity index (χ0v) is 12.1. The fourth-order valence-electron chi connectivity index (χ4n) is 2.59. The maximum absolute atomic E-state index is 12.1. The molecular formula is C14H22N2OS. The molecule has 2 rings (SSSR count). The van der Waals surface area contributed by atoms with E-state index in [2.05, 4.69) is 4.98 Å². The number of anilines is 1. The molecule has 1 aliphatic rings. The van der Waals surface area contributed by atoms with Gasteiger partial charge in [-0.3, -0.25) is 9.19 Å². The van der Waals surface area contributed by atoms with Crippen LogP contribution in [0.3, 0.4) is 0 Å². The number of rotatable bonds is 4. The first-order valence-electron chi connectivity index (χ1n) is 6.63. The molecule has 0 aromatic carbocycles. The highest BCUT2D eigenvalue weighted by Crippen LogP contribution is 2.26. The first-order chi connectivity index (χ1) is 8.58. The van der Waals surface area contributed by atoms with Crippen molar-refractivity contribution in [2.75, 3.05) is 11.5 Å². The number of aryl methyl sites for hydroxylation is 1. The Morgan fingerprint density at radius 1 is 1.39 bits per heavy atom. The Labute approximate surface area is 112 Å². The molecule has 1 aliphatic carbocycles. The molecule has 1 aromatic heterocycles. The third-order valence-electron chi connectivity index (χ3n) is 3.87. The monoisotopic (exact) mass is 266 g/mol. The second-order valence-corrected chi connectivity index (χ2v) is 6.83. The van der Waals surface area contributed by atoms with Crippen LogP contribution in [-0.2, 0) is 16.6 Å². The fraction of sp³-hybridized carbons (Fsp3) is 0.643. The van der Waals surface area contributed by atoms with Gasteiger partial charge >= 0.3 is 0 Å². The maximum Gasteiger partial charge on any atom is 0.0662 e. The molecule has 0 aliphatic heterocycles. The number of nitrogens with two attached hydrogens (primary N) is 1. The first kappa shape index (κ1) is 13.5. The standard InChI is InChI=1S/C14H22N2OS/c1-10-7-16-13(11(2)14(10)15)9-18(17)8-12-5-3-4-6-12/h7,12H,3-6,8-9H2,1-2H3,(H2,15,16). The summed E-state index contributed by atoms with van der Waals surface area (Å²) in [5, 5.41) is 0. The zero-order valence-electron chi connectivity index (χ0n) is 11.2. The molecule has 3 nitrogen and oxygen atoms in total. The summed E-state index contributed by atoms with van der Waals surface area (Å²) in [7, 11) is -0.804. The SMILES string of the molecule is Cc1cnc(CS(=O)CC2CCCC2)c(C)c1N. The predicted molar refractivity (Wildman–Crippen MR) is 76.8 cm³/mol. The number of pyridine rings is 1. The van der Waals surface area contributed by atoms with Crippen LogP contribution in [-0.4, -0.2) is 14.9 Å². The van der Waals surface area contributed by atoms with E-state index in [1.165, 1.54) is 25.7 Å². The number of nitrogen functional groups attached to an aromatic ring is 1. The Morgan fingerprint density at radius 2 is 2.06 bits per heavy atom. The van der Waals surface area contributed by atoms with E-state index >= 15 is 0 Å². The summed E-state index contributed by atoms with van der Waals surface area (Å²) in [5.41, 5.74) is 9.66. The quantitative estimate of drug-likeness (QED) is 0.911. The van der Waals surface area contributed by atoms with Gasteiger partial charge in [-0.2, -0.15) is 0 Å². The van der Waals surface area contributed by atoms with E-state index in [9.17, 15) is 4.21 Å². The van der Waals surface area contributed by atoms with Gasteiger partial charge in [-0.1, -0.05) is 12.8 Å². The van der Waals surface area contributed by atoms with E-state index < -0.39 is 10.8 Å². The van der Waals surface area contributed by atoms with Crippen LogP contribution in [0, 0.1) is 19.8 Å². The van der Waals surface area contributed by atoms with Crippen molar-refractivity contribution in [2.45, 2.75) is 45.3 Å². The molecule has 0 radical (unpaired) electrons. The molecule has 2 N–H and O–H groups in total. The Kier molecular flexibility index (Phi) is 4.38. The lowest BCUT2D eigenvalue weighted by Crippen LogP contribution is -2.11. The van der Waals surface area contributed by atoms with Crippen molar-refractivity contribution in [3.8, 4) is 0 Å². The van der Waals surface area contributed by atoms with Crippen molar-refractivity contribution in [3.05, 3.63) is 23.0 Å². The van der Waals surface area contributed by atoms with Gasteiger partial charge in [0.2, 0.25) is 0 Å². The molecule has 0 amide bonds. The highest BCUT2D eigenvalue weighted by molar-refractivity contribution is 7.84. The van der Waals surface area contributed by atoms with E-state index in [0.29, 0.717) is 11.7 Å². The van der Waals surface area contributed by atoms with Crippen molar-refractivity contribution in [1.82, 2.24) is 4.98 Å². The van der Waals surface area contributed by atoms with Gasteiger partial charge in [0.1, 0.15) is 0 Å². The van der Waals surface area contributed by atoms with Gasteiger partial charge in [0.15, 0.2) is 0 Å². The van der Waals surface area contributed by atoms with Gasteiger partial charge in [-0.25, -0.2) is 0 Å². The van der Waals surface area contributed by atoms with E-state index in [-0.39, 0.29) is 0 Å². The van der Waals surface area contributed by atoms with E-state index in [4.69, 9.17) is 5.73 Å². The molecule has 1 fully saturated rings. The highest BCUT2D eigenvalue weighted by atomic mass is 32.2. The van der Waals surface area contributed by atoms with Gasteiger partial charge in [-0.05, 0) is 43.7 Å². The molecular weight excluding hydrogens is 244 g/mol. The molecule has 1 unspecified atom stereocenters. The Morgan fingerprint density at radius 3 is 2.72 bits per heavy atom. The lowest BCUT2D eigenvalue weighted by atomic mass is 10.1. The molecule has 1 aromatic rings. The van der Waals surface area contributed by atoms with Gasteiger partial charge in [0.05, 0.1) is 11.4 Å². The minimum absolute atomic E-state index is 0.548. The lowest BCUT2D eigenvalue weighted by molar-refractivity contribution is 0.604. The Hall–Kier alpha value is -0.900. The summed E-state index contributed by atoms with van der Waals surface area (Å²) in [6.07, 6.45) is 6.88. The van der Waals surface area contributed by atoms with E-state index in [1.54, 1.807) is 6.20 Å². The van der Waals surface area contributed by atoms with Crippen LogP contribution < -0.4 is 5.73 Å². The van der Waals surface area contributed by atoms with Crippen molar-refractivity contribution >= 4 is 16.5 Å². The van der Waals surface area contributed by atoms with Gasteiger partial charge < -0.3 is 5.73 Å². The van der Waals surface area contributed by atoms with Crippen LogP contribution in [0.15, 0.2) is 6.20 Å². The summed E-state index contributed by atoms with van der Waals surface area (Å²) in [4.78, 5) is 4.38. The molecule has 1 atom stereocenters. The van der Waals surface area contributed by atoms with Crippen molar-refractivity contribution in [2.24, 2.45) is 5.92 Å². The topological polar surface area (TPSA) is 56.0 Å². The molecule has 4 heteroatoms. The molecule has 0 bridgehead atoms. The smallest absolute Gasteiger partial charge is 0.0662 e. The van der Waals surface area contributed by atoms with Crippen LogP contribution in [0.4, 0.5) is 5.69 Å². The summed E-state index contributed by atoms with van der Waals surface area (Å²) < 4.78 is 12.1. The summed E-state index contributed by atoms with van der Waals surface area (Å²) in [6.45, 7) is 3.92. The van der Waals surface area contributed by atoms with Gasteiger partial charge in [-0.15, -0.1) is 0 Å². The van der Waals surface area contributed by atoms with Gasteiger partial charge in [0, 0.05) is 28.4 Å². The number of nitrogens with zero attached hydrogens (tertiary/aromatic N) is 1. The van der Waals surface area contributed by atoms with E-state index in [1.807, 2.05) is 13.8 Å². The van der Waals surface area contributed by atoms with Crippen LogP contribution in [0.5, 0.6) is 0 Å². The highest BCUT2D eigenvalue weighted by Gasteiger charge is 2.18. The Balaban J connectivity index is 2.00. The molecule has 1 heterocycles. The third-order valence-corrected chi connectivity index (χ3v) is 5.31. The Bertz CT molecular complexity index is 453. The summed E-state index contributed by atoms with van der Waals surface area (Å²) in [5.74, 6) is 2.04. The second kappa shape index (κ2) is 5.83. The predicted octanol–water partition coefficient (Wildman–Crippen LogP) is 2.72. The number of hydrogen-bond acceptors (Lipinski definition) is 3.